The number of likely N-dealkylation sites (N-methyl/N-ethyl adjacent to an activating group) is 1. The molecular weight excluding hydrogens is 249 g/mol. The van der Waals surface area contributed by atoms with Crippen molar-refractivity contribution in [2.24, 2.45) is 0 Å². The summed E-state index contributed by atoms with van der Waals surface area (Å²) < 4.78 is 13.0. The number of nitrogens with one attached hydrogen (secondary N) is 2. The third-order valence-electron chi connectivity index (χ3n) is 2.50. The zero-order chi connectivity index (χ0) is 14.4. The van der Waals surface area contributed by atoms with E-state index in [2.05, 4.69) is 10.6 Å². The molecule has 0 atom stereocenters. The van der Waals surface area contributed by atoms with Gasteiger partial charge in [-0.25, -0.2) is 4.39 Å². The summed E-state index contributed by atoms with van der Waals surface area (Å²) in [6, 6.07) is 4.01. The van der Waals surface area contributed by atoms with Gasteiger partial charge in [-0.3, -0.25) is 9.59 Å². The average Bonchev–Trinajstić information content (AvgIpc) is 2.33. The number of benzene rings is 1. The van der Waals surface area contributed by atoms with Gasteiger partial charge in [0.25, 0.3) is 0 Å². The molecule has 0 aliphatic heterocycles. The van der Waals surface area contributed by atoms with Gasteiger partial charge in [-0.05, 0) is 38.7 Å². The molecule has 1 aromatic rings. The summed E-state index contributed by atoms with van der Waals surface area (Å²) in [5, 5.41) is 4.87. The molecule has 0 aliphatic carbocycles. The molecule has 1 rings (SSSR count). The number of carbonyl (C=O) groups is 2. The molecule has 0 spiro atoms. The minimum absolute atomic E-state index is 0.299. The maximum atomic E-state index is 13.0. The highest BCUT2D eigenvalue weighted by Gasteiger charge is 2.14. The summed E-state index contributed by atoms with van der Waals surface area (Å²) >= 11 is 0. The number of hydrogen-bond acceptors (Lipinski definition) is 3. The van der Waals surface area contributed by atoms with Gasteiger partial charge in [0.05, 0.1) is 0 Å². The first kappa shape index (κ1) is 15.1. The topological polar surface area (TPSA) is 61.4 Å². The fraction of sp³-hybridized carbons (Fsp3) is 0.385. The van der Waals surface area contributed by atoms with Gasteiger partial charge in [0.1, 0.15) is 5.82 Å². The molecule has 5 nitrogen and oxygen atoms in total. The van der Waals surface area contributed by atoms with Gasteiger partial charge in [0.15, 0.2) is 0 Å². The summed E-state index contributed by atoms with van der Waals surface area (Å²) in [5.41, 5.74) is 0.989. The van der Waals surface area contributed by atoms with Crippen LogP contribution in [0.5, 0.6) is 0 Å². The zero-order valence-electron chi connectivity index (χ0n) is 11.3. The fourth-order valence-corrected chi connectivity index (χ4v) is 1.38. The number of amides is 2. The smallest absolute Gasteiger partial charge is 0.313 e. The molecule has 104 valence electrons. The second-order valence-corrected chi connectivity index (χ2v) is 4.47. The summed E-state index contributed by atoms with van der Waals surface area (Å²) in [7, 11) is 3.73. The molecule has 6 heteroatoms. The predicted molar refractivity (Wildman–Crippen MR) is 71.3 cm³/mol. The second-order valence-electron chi connectivity index (χ2n) is 4.47. The van der Waals surface area contributed by atoms with Crippen molar-refractivity contribution in [3.8, 4) is 0 Å². The van der Waals surface area contributed by atoms with Crippen molar-refractivity contribution in [1.82, 2.24) is 10.2 Å². The summed E-state index contributed by atoms with van der Waals surface area (Å²) in [4.78, 5) is 25.0. The van der Waals surface area contributed by atoms with Gasteiger partial charge in [0.2, 0.25) is 0 Å². The largest absolute Gasteiger partial charge is 0.347 e. The van der Waals surface area contributed by atoms with E-state index in [1.54, 1.807) is 6.92 Å². The molecule has 0 aromatic heterocycles. The van der Waals surface area contributed by atoms with Crippen molar-refractivity contribution in [1.29, 1.82) is 0 Å². The molecule has 1 aromatic carbocycles. The standard InChI is InChI=1S/C13H18FN3O2/c1-9-4-5-10(14)8-11(9)16-13(19)12(18)15-6-7-17(2)3/h4-5,8H,6-7H2,1-3H3,(H,15,18)(H,16,19). The second kappa shape index (κ2) is 6.84. The van der Waals surface area contributed by atoms with Gasteiger partial charge in [-0.2, -0.15) is 0 Å². The van der Waals surface area contributed by atoms with Crippen LogP contribution in [0, 0.1) is 12.7 Å². The van der Waals surface area contributed by atoms with E-state index in [1.165, 1.54) is 18.2 Å². The Bertz CT molecular complexity index is 475. The summed E-state index contributed by atoms with van der Waals surface area (Å²) in [6.07, 6.45) is 0. The Labute approximate surface area is 111 Å². The molecule has 0 unspecified atom stereocenters. The van der Waals surface area contributed by atoms with Crippen LogP contribution in [0.1, 0.15) is 5.56 Å². The molecule has 2 N–H and O–H groups in total. The van der Waals surface area contributed by atoms with Gasteiger partial charge in [-0.1, -0.05) is 6.07 Å². The van der Waals surface area contributed by atoms with E-state index in [1.807, 2.05) is 19.0 Å². The number of hydrogen-bond donors (Lipinski definition) is 2. The van der Waals surface area contributed by atoms with Crippen LogP contribution in [0.3, 0.4) is 0 Å². The van der Waals surface area contributed by atoms with Gasteiger partial charge < -0.3 is 15.5 Å². The number of anilines is 1. The van der Waals surface area contributed by atoms with Gasteiger partial charge in [-0.15, -0.1) is 0 Å². The van der Waals surface area contributed by atoms with Crippen LogP contribution in [-0.2, 0) is 9.59 Å². The van der Waals surface area contributed by atoms with E-state index in [9.17, 15) is 14.0 Å². The highest BCUT2D eigenvalue weighted by Crippen LogP contribution is 2.15. The van der Waals surface area contributed by atoms with E-state index in [0.29, 0.717) is 24.3 Å². The zero-order valence-corrected chi connectivity index (χ0v) is 11.3. The van der Waals surface area contributed by atoms with E-state index in [-0.39, 0.29) is 0 Å². The average molecular weight is 267 g/mol. The Morgan fingerprint density at radius 1 is 1.26 bits per heavy atom. The molecule has 0 fully saturated rings. The van der Waals surface area contributed by atoms with Crippen molar-refractivity contribution in [2.75, 3.05) is 32.5 Å². The van der Waals surface area contributed by atoms with Crippen molar-refractivity contribution < 1.29 is 14.0 Å². The van der Waals surface area contributed by atoms with Crippen LogP contribution < -0.4 is 10.6 Å². The van der Waals surface area contributed by atoms with Crippen molar-refractivity contribution >= 4 is 17.5 Å². The number of nitrogens with zero attached hydrogens (tertiary/aromatic N) is 1. The molecule has 0 saturated heterocycles. The first-order valence-corrected chi connectivity index (χ1v) is 5.90. The molecule has 0 aliphatic rings. The Balaban J connectivity index is 2.54. The van der Waals surface area contributed by atoms with Crippen molar-refractivity contribution in [3.05, 3.63) is 29.6 Å². The van der Waals surface area contributed by atoms with Crippen LogP contribution in [0.4, 0.5) is 10.1 Å². The Kier molecular flexibility index (Phi) is 5.44. The minimum Gasteiger partial charge on any atom is -0.347 e. The number of halogens is 1. The van der Waals surface area contributed by atoms with Crippen LogP contribution in [0.2, 0.25) is 0 Å². The monoisotopic (exact) mass is 267 g/mol. The minimum atomic E-state index is -0.799. The molecule has 0 bridgehead atoms. The first-order chi connectivity index (χ1) is 8.90. The van der Waals surface area contributed by atoms with E-state index < -0.39 is 17.6 Å². The number of rotatable bonds is 4. The van der Waals surface area contributed by atoms with Crippen LogP contribution in [0.25, 0.3) is 0 Å². The fourth-order valence-electron chi connectivity index (χ4n) is 1.38. The maximum Gasteiger partial charge on any atom is 0.313 e. The normalized spacial score (nSPS) is 10.4. The van der Waals surface area contributed by atoms with E-state index in [4.69, 9.17) is 0 Å². The van der Waals surface area contributed by atoms with E-state index >= 15 is 0 Å². The SMILES string of the molecule is Cc1ccc(F)cc1NC(=O)C(=O)NCCN(C)C. The number of carbonyl (C=O) groups excluding carboxylic acids is 2. The Morgan fingerprint density at radius 3 is 2.58 bits per heavy atom. The summed E-state index contributed by atoms with van der Waals surface area (Å²) in [5.74, 6) is -1.99. The lowest BCUT2D eigenvalue weighted by Gasteiger charge is -2.11. The molecule has 0 saturated carbocycles. The lowest BCUT2D eigenvalue weighted by molar-refractivity contribution is -0.136. The Morgan fingerprint density at radius 2 is 1.95 bits per heavy atom. The lowest BCUT2D eigenvalue weighted by Crippen LogP contribution is -2.38. The van der Waals surface area contributed by atoms with Crippen molar-refractivity contribution in [2.45, 2.75) is 6.92 Å². The molecular formula is C13H18FN3O2. The number of aryl methyl sites for hydroxylation is 1. The third kappa shape index (κ3) is 5.05. The molecule has 2 amide bonds. The van der Waals surface area contributed by atoms with Gasteiger partial charge >= 0.3 is 11.8 Å². The molecule has 0 radical (unpaired) electrons. The summed E-state index contributed by atoms with van der Waals surface area (Å²) in [6.45, 7) is 2.73. The van der Waals surface area contributed by atoms with Gasteiger partial charge in [0, 0.05) is 18.8 Å². The molecule has 0 heterocycles. The van der Waals surface area contributed by atoms with Crippen molar-refractivity contribution in [3.63, 3.8) is 0 Å². The predicted octanol–water partition coefficient (Wildman–Crippen LogP) is 0.750. The molecule has 19 heavy (non-hydrogen) atoms. The first-order valence-electron chi connectivity index (χ1n) is 5.90. The van der Waals surface area contributed by atoms with E-state index in [0.717, 1.165) is 0 Å². The van der Waals surface area contributed by atoms with Crippen LogP contribution in [0.15, 0.2) is 18.2 Å². The third-order valence-corrected chi connectivity index (χ3v) is 2.50. The van der Waals surface area contributed by atoms with Crippen LogP contribution in [-0.4, -0.2) is 43.9 Å². The maximum absolute atomic E-state index is 13.0. The highest BCUT2D eigenvalue weighted by atomic mass is 19.1. The quantitative estimate of drug-likeness (QED) is 0.791. The van der Waals surface area contributed by atoms with Crippen LogP contribution >= 0.6 is 0 Å². The lowest BCUT2D eigenvalue weighted by atomic mass is 10.2. The highest BCUT2D eigenvalue weighted by molar-refractivity contribution is 6.39. The Hall–Kier alpha value is -1.95.